The van der Waals surface area contributed by atoms with E-state index in [9.17, 15) is 0 Å². The Balaban J connectivity index is 2.05. The number of piperidine rings is 1. The highest BCUT2D eigenvalue weighted by Gasteiger charge is 2.21. The van der Waals surface area contributed by atoms with Crippen molar-refractivity contribution in [3.63, 3.8) is 0 Å². The predicted octanol–water partition coefficient (Wildman–Crippen LogP) is 0.767. The number of hydrogen-bond donors (Lipinski definition) is 2. The maximum Gasteiger partial charge on any atom is 0.145 e. The standard InChI is InChI=1S/C11H19N5O/c1-2-17-9-4-3-5-16(7-9)11-6-10(15-12)13-8-14-11/h6,8-9H,2-5,7,12H2,1H3,(H,13,14,15). The first-order valence-electron chi connectivity index (χ1n) is 5.98. The van der Waals surface area contributed by atoms with Gasteiger partial charge in [0.15, 0.2) is 0 Å². The Bertz CT molecular complexity index is 357. The fourth-order valence-corrected chi connectivity index (χ4v) is 2.12. The van der Waals surface area contributed by atoms with Gasteiger partial charge in [0.2, 0.25) is 0 Å². The first-order valence-corrected chi connectivity index (χ1v) is 5.98. The van der Waals surface area contributed by atoms with Crippen LogP contribution in [0.3, 0.4) is 0 Å². The third-order valence-electron chi connectivity index (χ3n) is 2.91. The minimum atomic E-state index is 0.304. The van der Waals surface area contributed by atoms with Crippen molar-refractivity contribution in [3.8, 4) is 0 Å². The molecule has 0 aromatic carbocycles. The van der Waals surface area contributed by atoms with E-state index in [0.29, 0.717) is 11.9 Å². The largest absolute Gasteiger partial charge is 0.377 e. The van der Waals surface area contributed by atoms with Gasteiger partial charge < -0.3 is 15.1 Å². The second-order valence-electron chi connectivity index (χ2n) is 4.07. The monoisotopic (exact) mass is 237 g/mol. The molecule has 0 spiro atoms. The SMILES string of the molecule is CCOC1CCCN(c2cc(NN)ncn2)C1. The maximum atomic E-state index is 5.67. The second-order valence-corrected chi connectivity index (χ2v) is 4.07. The van der Waals surface area contributed by atoms with E-state index in [1.807, 2.05) is 13.0 Å². The third-order valence-corrected chi connectivity index (χ3v) is 2.91. The van der Waals surface area contributed by atoms with Gasteiger partial charge in [-0.05, 0) is 19.8 Å². The number of hydrazine groups is 1. The van der Waals surface area contributed by atoms with E-state index in [2.05, 4.69) is 20.3 Å². The Morgan fingerprint density at radius 1 is 1.59 bits per heavy atom. The molecule has 1 fully saturated rings. The smallest absolute Gasteiger partial charge is 0.145 e. The van der Waals surface area contributed by atoms with Gasteiger partial charge in [-0.2, -0.15) is 0 Å². The molecule has 0 aliphatic carbocycles. The molecule has 94 valence electrons. The normalized spacial score (nSPS) is 20.4. The average Bonchev–Trinajstić information content (AvgIpc) is 2.40. The summed E-state index contributed by atoms with van der Waals surface area (Å²) in [5, 5.41) is 0. The van der Waals surface area contributed by atoms with Crippen LogP contribution in [0.5, 0.6) is 0 Å². The van der Waals surface area contributed by atoms with E-state index in [1.54, 1.807) is 0 Å². The second kappa shape index (κ2) is 5.79. The Morgan fingerprint density at radius 2 is 2.47 bits per heavy atom. The molecule has 1 aromatic heterocycles. The summed E-state index contributed by atoms with van der Waals surface area (Å²) in [6.45, 7) is 4.68. The minimum Gasteiger partial charge on any atom is -0.377 e. The van der Waals surface area contributed by atoms with Crippen LogP contribution in [0.1, 0.15) is 19.8 Å². The van der Waals surface area contributed by atoms with E-state index >= 15 is 0 Å². The molecule has 1 aromatic rings. The van der Waals surface area contributed by atoms with E-state index in [1.165, 1.54) is 6.33 Å². The number of ether oxygens (including phenoxy) is 1. The summed E-state index contributed by atoms with van der Waals surface area (Å²) in [4.78, 5) is 10.5. The highest BCUT2D eigenvalue weighted by Crippen LogP contribution is 2.20. The number of nitrogens with one attached hydrogen (secondary N) is 1. The maximum absolute atomic E-state index is 5.67. The lowest BCUT2D eigenvalue weighted by Gasteiger charge is -2.33. The zero-order valence-corrected chi connectivity index (χ0v) is 10.1. The van der Waals surface area contributed by atoms with Gasteiger partial charge in [0.25, 0.3) is 0 Å². The van der Waals surface area contributed by atoms with Crippen LogP contribution in [-0.2, 0) is 4.74 Å². The average molecular weight is 237 g/mol. The summed E-state index contributed by atoms with van der Waals surface area (Å²) in [6, 6.07) is 1.86. The van der Waals surface area contributed by atoms with Crippen LogP contribution in [0.15, 0.2) is 12.4 Å². The quantitative estimate of drug-likeness (QED) is 0.595. The van der Waals surface area contributed by atoms with Crippen molar-refractivity contribution in [2.45, 2.75) is 25.9 Å². The number of nitrogens with zero attached hydrogens (tertiary/aromatic N) is 3. The molecular weight excluding hydrogens is 218 g/mol. The van der Waals surface area contributed by atoms with Gasteiger partial charge in [-0.1, -0.05) is 0 Å². The van der Waals surface area contributed by atoms with Crippen LogP contribution < -0.4 is 16.2 Å². The summed E-state index contributed by atoms with van der Waals surface area (Å²) in [5.74, 6) is 6.87. The molecule has 1 unspecified atom stereocenters. The van der Waals surface area contributed by atoms with Gasteiger partial charge >= 0.3 is 0 Å². The zero-order valence-electron chi connectivity index (χ0n) is 10.1. The molecular formula is C11H19N5O. The molecule has 3 N–H and O–H groups in total. The first kappa shape index (κ1) is 12.1. The fourth-order valence-electron chi connectivity index (χ4n) is 2.12. The van der Waals surface area contributed by atoms with Crippen LogP contribution >= 0.6 is 0 Å². The van der Waals surface area contributed by atoms with Gasteiger partial charge in [0.1, 0.15) is 18.0 Å². The number of nitrogens with two attached hydrogens (primary N) is 1. The molecule has 17 heavy (non-hydrogen) atoms. The number of hydrogen-bond acceptors (Lipinski definition) is 6. The summed E-state index contributed by atoms with van der Waals surface area (Å²) in [7, 11) is 0. The van der Waals surface area contributed by atoms with E-state index in [0.717, 1.165) is 38.4 Å². The summed E-state index contributed by atoms with van der Waals surface area (Å²) >= 11 is 0. The summed E-state index contributed by atoms with van der Waals surface area (Å²) < 4.78 is 5.67. The van der Waals surface area contributed by atoms with Crippen LogP contribution in [0.4, 0.5) is 11.6 Å². The van der Waals surface area contributed by atoms with Crippen LogP contribution in [0.25, 0.3) is 0 Å². The molecule has 0 bridgehead atoms. The van der Waals surface area contributed by atoms with E-state index in [-0.39, 0.29) is 0 Å². The highest BCUT2D eigenvalue weighted by molar-refractivity contribution is 5.48. The van der Waals surface area contributed by atoms with Gasteiger partial charge in [-0.25, -0.2) is 15.8 Å². The number of anilines is 2. The molecule has 6 nitrogen and oxygen atoms in total. The fraction of sp³-hybridized carbons (Fsp3) is 0.636. The van der Waals surface area contributed by atoms with E-state index < -0.39 is 0 Å². The molecule has 1 saturated heterocycles. The van der Waals surface area contributed by atoms with Crippen molar-refractivity contribution in [2.24, 2.45) is 5.84 Å². The van der Waals surface area contributed by atoms with Crippen molar-refractivity contribution in [1.82, 2.24) is 9.97 Å². The van der Waals surface area contributed by atoms with Crippen LogP contribution in [0.2, 0.25) is 0 Å². The van der Waals surface area contributed by atoms with E-state index in [4.69, 9.17) is 10.6 Å². The molecule has 0 amide bonds. The van der Waals surface area contributed by atoms with Crippen LogP contribution in [0, 0.1) is 0 Å². The first-order chi connectivity index (χ1) is 8.33. The minimum absolute atomic E-state index is 0.304. The highest BCUT2D eigenvalue weighted by atomic mass is 16.5. The van der Waals surface area contributed by atoms with Crippen molar-refractivity contribution in [3.05, 3.63) is 12.4 Å². The molecule has 0 radical (unpaired) electrons. The van der Waals surface area contributed by atoms with Crippen molar-refractivity contribution in [2.75, 3.05) is 30.0 Å². The Morgan fingerprint density at radius 3 is 3.24 bits per heavy atom. The van der Waals surface area contributed by atoms with Gasteiger partial charge in [-0.3, -0.25) is 0 Å². The number of nitrogen functional groups attached to an aromatic ring is 1. The zero-order chi connectivity index (χ0) is 12.1. The van der Waals surface area contributed by atoms with Gasteiger partial charge in [0, 0.05) is 25.8 Å². The Labute approximate surface area is 101 Å². The molecule has 2 rings (SSSR count). The topological polar surface area (TPSA) is 76.3 Å². The molecule has 0 saturated carbocycles. The molecule has 2 heterocycles. The van der Waals surface area contributed by atoms with Crippen molar-refractivity contribution >= 4 is 11.6 Å². The lowest BCUT2D eigenvalue weighted by molar-refractivity contribution is 0.0525. The molecule has 6 heteroatoms. The predicted molar refractivity (Wildman–Crippen MR) is 66.7 cm³/mol. The molecule has 1 aliphatic rings. The lowest BCUT2D eigenvalue weighted by atomic mass is 10.1. The summed E-state index contributed by atoms with van der Waals surface area (Å²) in [5.41, 5.74) is 2.53. The van der Waals surface area contributed by atoms with Crippen molar-refractivity contribution in [1.29, 1.82) is 0 Å². The number of aromatic nitrogens is 2. The third kappa shape index (κ3) is 3.04. The molecule has 1 aliphatic heterocycles. The number of rotatable bonds is 4. The molecule has 1 atom stereocenters. The van der Waals surface area contributed by atoms with Crippen molar-refractivity contribution < 1.29 is 4.74 Å². The summed E-state index contributed by atoms with van der Waals surface area (Å²) in [6.07, 6.45) is 4.07. The van der Waals surface area contributed by atoms with Gasteiger partial charge in [0.05, 0.1) is 6.10 Å². The Hall–Kier alpha value is -1.40. The lowest BCUT2D eigenvalue weighted by Crippen LogP contribution is -2.40. The van der Waals surface area contributed by atoms with Gasteiger partial charge in [-0.15, -0.1) is 0 Å². The van der Waals surface area contributed by atoms with Crippen LogP contribution in [-0.4, -0.2) is 35.8 Å². The Kier molecular flexibility index (Phi) is 4.11.